The Hall–Kier alpha value is -1.75. The van der Waals surface area contributed by atoms with Crippen molar-refractivity contribution >= 4 is 12.4 Å². The molecule has 3 N–H and O–H groups in total. The molecule has 2 unspecified atom stereocenters. The molecule has 0 fully saturated rings. The van der Waals surface area contributed by atoms with Crippen molar-refractivity contribution in [3.8, 4) is 11.5 Å². The monoisotopic (exact) mass is 335 g/mol. The van der Waals surface area contributed by atoms with Crippen LogP contribution in [0.25, 0.3) is 0 Å². The third kappa shape index (κ3) is 3.96. The average Bonchev–Trinajstić information content (AvgIpc) is 2.94. The van der Waals surface area contributed by atoms with Gasteiger partial charge < -0.3 is 20.3 Å². The Bertz CT molecular complexity index is 648. The highest BCUT2D eigenvalue weighted by Crippen LogP contribution is 2.40. The van der Waals surface area contributed by atoms with E-state index in [2.05, 4.69) is 24.4 Å². The van der Waals surface area contributed by atoms with E-state index in [1.807, 2.05) is 24.3 Å². The van der Waals surface area contributed by atoms with E-state index in [0.717, 1.165) is 12.0 Å². The lowest BCUT2D eigenvalue weighted by Crippen LogP contribution is -2.32. The number of phenolic OH excluding ortho intramolecular Hbond substituents is 2. The molecule has 0 saturated heterocycles. The van der Waals surface area contributed by atoms with E-state index in [9.17, 15) is 10.2 Å². The van der Waals surface area contributed by atoms with Crippen molar-refractivity contribution in [2.45, 2.75) is 32.1 Å². The van der Waals surface area contributed by atoms with Crippen molar-refractivity contribution in [1.29, 1.82) is 0 Å². The highest BCUT2D eigenvalue weighted by Gasteiger charge is 2.27. The fourth-order valence-corrected chi connectivity index (χ4v) is 2.88. The molecule has 2 aromatic rings. The highest BCUT2D eigenvalue weighted by atomic mass is 35.5. The molecule has 23 heavy (non-hydrogen) atoms. The minimum absolute atomic E-state index is 0. The first-order chi connectivity index (χ1) is 10.6. The third-order valence-electron chi connectivity index (χ3n) is 4.11. The summed E-state index contributed by atoms with van der Waals surface area (Å²) in [5.41, 5.74) is 2.95. The SMILES string of the molecule is CC(Cc1ccccc1)NCC1OCc2c1ccc(O)c2O.Cl. The van der Waals surface area contributed by atoms with Crippen LogP contribution >= 0.6 is 12.4 Å². The van der Waals surface area contributed by atoms with Gasteiger partial charge in [0.05, 0.1) is 12.7 Å². The van der Waals surface area contributed by atoms with Crippen LogP contribution in [0.1, 0.15) is 29.7 Å². The second kappa shape index (κ2) is 7.68. The number of aromatic hydroxyl groups is 2. The van der Waals surface area contributed by atoms with Gasteiger partial charge in [-0.1, -0.05) is 36.4 Å². The minimum atomic E-state index is -0.0894. The van der Waals surface area contributed by atoms with Gasteiger partial charge in [-0.15, -0.1) is 12.4 Å². The van der Waals surface area contributed by atoms with Crippen LogP contribution in [0.15, 0.2) is 42.5 Å². The Morgan fingerprint density at radius 3 is 2.65 bits per heavy atom. The van der Waals surface area contributed by atoms with Crippen molar-refractivity contribution in [3.63, 3.8) is 0 Å². The molecule has 0 aromatic heterocycles. The predicted molar refractivity (Wildman–Crippen MR) is 92.2 cm³/mol. The van der Waals surface area contributed by atoms with Crippen LogP contribution in [0.2, 0.25) is 0 Å². The van der Waals surface area contributed by atoms with Gasteiger partial charge in [0.15, 0.2) is 11.5 Å². The maximum absolute atomic E-state index is 9.86. The van der Waals surface area contributed by atoms with Crippen molar-refractivity contribution in [2.75, 3.05) is 6.54 Å². The summed E-state index contributed by atoms with van der Waals surface area (Å²) in [6, 6.07) is 14.0. The summed E-state index contributed by atoms with van der Waals surface area (Å²) in [5, 5.41) is 22.9. The molecule has 2 atom stereocenters. The number of phenols is 2. The lowest BCUT2D eigenvalue weighted by molar-refractivity contribution is 0.0638. The molecule has 1 heterocycles. The predicted octanol–water partition coefficient (Wildman–Crippen LogP) is 3.31. The van der Waals surface area contributed by atoms with Crippen LogP contribution in [0, 0.1) is 0 Å². The number of ether oxygens (including phenoxy) is 1. The number of fused-ring (bicyclic) bond motifs is 1. The Kier molecular flexibility index (Phi) is 5.88. The molecule has 1 aliphatic rings. The molecule has 0 aliphatic carbocycles. The fraction of sp³-hybridized carbons (Fsp3) is 0.333. The van der Waals surface area contributed by atoms with E-state index in [1.54, 1.807) is 0 Å². The van der Waals surface area contributed by atoms with Gasteiger partial charge in [-0.05, 0) is 30.5 Å². The quantitative estimate of drug-likeness (QED) is 0.734. The first kappa shape index (κ1) is 17.6. The van der Waals surface area contributed by atoms with E-state index in [0.29, 0.717) is 24.8 Å². The van der Waals surface area contributed by atoms with Gasteiger partial charge in [0.2, 0.25) is 0 Å². The summed E-state index contributed by atoms with van der Waals surface area (Å²) in [5.74, 6) is -0.147. The Morgan fingerprint density at radius 1 is 1.17 bits per heavy atom. The van der Waals surface area contributed by atoms with Crippen LogP contribution in [0.5, 0.6) is 11.5 Å². The van der Waals surface area contributed by atoms with Crippen molar-refractivity contribution in [1.82, 2.24) is 5.32 Å². The average molecular weight is 336 g/mol. The zero-order valence-corrected chi connectivity index (χ0v) is 13.8. The molecular formula is C18H22ClNO3. The number of hydrogen-bond acceptors (Lipinski definition) is 4. The largest absolute Gasteiger partial charge is 0.504 e. The molecule has 3 rings (SSSR count). The summed E-state index contributed by atoms with van der Waals surface area (Å²) in [6.07, 6.45) is 0.876. The van der Waals surface area contributed by atoms with E-state index in [-0.39, 0.29) is 30.0 Å². The van der Waals surface area contributed by atoms with Crippen molar-refractivity contribution < 1.29 is 14.9 Å². The second-order valence-corrected chi connectivity index (χ2v) is 5.80. The first-order valence-electron chi connectivity index (χ1n) is 7.57. The smallest absolute Gasteiger partial charge is 0.163 e. The molecule has 124 valence electrons. The summed E-state index contributed by atoms with van der Waals surface area (Å²) in [7, 11) is 0. The van der Waals surface area contributed by atoms with Crippen molar-refractivity contribution in [3.05, 3.63) is 59.2 Å². The summed E-state index contributed by atoms with van der Waals surface area (Å²) in [6.45, 7) is 3.18. The fourth-order valence-electron chi connectivity index (χ4n) is 2.88. The normalized spacial score (nSPS) is 17.3. The maximum atomic E-state index is 9.86. The summed E-state index contributed by atoms with van der Waals surface area (Å²) < 4.78 is 5.73. The van der Waals surface area contributed by atoms with Gasteiger partial charge in [-0.3, -0.25) is 0 Å². The van der Waals surface area contributed by atoms with Gasteiger partial charge in [-0.2, -0.15) is 0 Å². The summed E-state index contributed by atoms with van der Waals surface area (Å²) in [4.78, 5) is 0. The zero-order valence-electron chi connectivity index (χ0n) is 13.0. The van der Waals surface area contributed by atoms with Crippen molar-refractivity contribution in [2.24, 2.45) is 0 Å². The van der Waals surface area contributed by atoms with Gasteiger partial charge >= 0.3 is 0 Å². The number of nitrogens with one attached hydrogen (secondary N) is 1. The molecule has 4 nitrogen and oxygen atoms in total. The molecule has 1 aliphatic heterocycles. The number of benzene rings is 2. The Morgan fingerprint density at radius 2 is 1.91 bits per heavy atom. The van der Waals surface area contributed by atoms with Crippen LogP contribution in [-0.4, -0.2) is 22.8 Å². The maximum Gasteiger partial charge on any atom is 0.163 e. The van der Waals surface area contributed by atoms with E-state index < -0.39 is 0 Å². The molecule has 0 radical (unpaired) electrons. The lowest BCUT2D eigenvalue weighted by Gasteiger charge is -2.18. The molecule has 0 saturated carbocycles. The zero-order chi connectivity index (χ0) is 15.5. The first-order valence-corrected chi connectivity index (χ1v) is 7.57. The molecular weight excluding hydrogens is 314 g/mol. The van der Waals surface area contributed by atoms with Gasteiger partial charge in [0.1, 0.15) is 0 Å². The second-order valence-electron chi connectivity index (χ2n) is 5.80. The van der Waals surface area contributed by atoms with Crippen LogP contribution in [0.4, 0.5) is 0 Å². The highest BCUT2D eigenvalue weighted by molar-refractivity contribution is 5.85. The topological polar surface area (TPSA) is 61.7 Å². The third-order valence-corrected chi connectivity index (χ3v) is 4.11. The van der Waals surface area contributed by atoms with Gasteiger partial charge in [-0.25, -0.2) is 0 Å². The van der Waals surface area contributed by atoms with Crippen LogP contribution in [0.3, 0.4) is 0 Å². The molecule has 2 aromatic carbocycles. The molecule has 5 heteroatoms. The standard InChI is InChI=1S/C18H21NO3.ClH/c1-12(9-13-5-3-2-4-6-13)19-10-17-14-7-8-16(20)18(21)15(14)11-22-17;/h2-8,12,17,19-21H,9-11H2,1H3;1H. The molecule has 0 spiro atoms. The van der Waals surface area contributed by atoms with Gasteiger partial charge in [0, 0.05) is 18.2 Å². The van der Waals surface area contributed by atoms with Gasteiger partial charge in [0.25, 0.3) is 0 Å². The number of rotatable bonds is 5. The van der Waals surface area contributed by atoms with E-state index >= 15 is 0 Å². The van der Waals surface area contributed by atoms with E-state index in [4.69, 9.17) is 4.74 Å². The number of hydrogen-bond donors (Lipinski definition) is 3. The lowest BCUT2D eigenvalue weighted by atomic mass is 10.0. The van der Waals surface area contributed by atoms with Crippen LogP contribution < -0.4 is 5.32 Å². The summed E-state index contributed by atoms with van der Waals surface area (Å²) >= 11 is 0. The minimum Gasteiger partial charge on any atom is -0.504 e. The van der Waals surface area contributed by atoms with E-state index in [1.165, 1.54) is 11.6 Å². The molecule has 0 amide bonds. The number of halogens is 1. The van der Waals surface area contributed by atoms with Crippen LogP contribution in [-0.2, 0) is 17.8 Å². The Balaban J connectivity index is 0.00000192. The molecule has 0 bridgehead atoms. The Labute approximate surface area is 142 Å².